The van der Waals surface area contributed by atoms with Crippen molar-refractivity contribution in [2.75, 3.05) is 12.3 Å². The molecule has 110 valence electrons. The number of hydrogen-bond acceptors (Lipinski definition) is 5. The van der Waals surface area contributed by atoms with Gasteiger partial charge in [0.15, 0.2) is 6.29 Å². The van der Waals surface area contributed by atoms with Gasteiger partial charge in [-0.2, -0.15) is 5.10 Å². The van der Waals surface area contributed by atoms with Crippen LogP contribution < -0.4 is 5.73 Å². The van der Waals surface area contributed by atoms with Crippen LogP contribution in [-0.4, -0.2) is 28.6 Å². The van der Waals surface area contributed by atoms with Gasteiger partial charge in [0.1, 0.15) is 23.9 Å². The van der Waals surface area contributed by atoms with Gasteiger partial charge in [-0.15, -0.1) is 0 Å². The molecular weight excluding hydrogens is 277 g/mol. The monoisotopic (exact) mass is 291 g/mol. The molecule has 1 heterocycles. The minimum atomic E-state index is -0.505. The average Bonchev–Trinajstić information content (AvgIpc) is 2.76. The average molecular weight is 291 g/mol. The van der Waals surface area contributed by atoms with Crippen LogP contribution in [0.15, 0.2) is 24.3 Å². The SMILES string of the molecule is CCOC(=O)Cn1nc(-c2ccc(F)cc2)c(C=O)c1N. The van der Waals surface area contributed by atoms with Gasteiger partial charge < -0.3 is 10.5 Å². The minimum absolute atomic E-state index is 0.0670. The zero-order valence-electron chi connectivity index (χ0n) is 11.4. The molecule has 2 aromatic rings. The molecule has 0 atom stereocenters. The molecule has 0 aliphatic heterocycles. The Morgan fingerprint density at radius 2 is 2.10 bits per heavy atom. The summed E-state index contributed by atoms with van der Waals surface area (Å²) in [6.07, 6.45) is 0.558. The maximum atomic E-state index is 12.9. The summed E-state index contributed by atoms with van der Waals surface area (Å²) in [5, 5.41) is 4.14. The largest absolute Gasteiger partial charge is 0.465 e. The summed E-state index contributed by atoms with van der Waals surface area (Å²) in [6.45, 7) is 1.73. The third kappa shape index (κ3) is 3.07. The van der Waals surface area contributed by atoms with E-state index in [9.17, 15) is 14.0 Å². The van der Waals surface area contributed by atoms with Crippen LogP contribution in [0, 0.1) is 5.82 Å². The highest BCUT2D eigenvalue weighted by Crippen LogP contribution is 2.26. The van der Waals surface area contributed by atoms with Crippen molar-refractivity contribution in [1.29, 1.82) is 0 Å². The molecule has 0 saturated heterocycles. The number of anilines is 1. The van der Waals surface area contributed by atoms with Crippen molar-refractivity contribution in [3.8, 4) is 11.3 Å². The summed E-state index contributed by atoms with van der Waals surface area (Å²) in [6, 6.07) is 5.48. The molecular formula is C14H14FN3O3. The number of aldehydes is 1. The van der Waals surface area contributed by atoms with Crippen LogP contribution in [0.2, 0.25) is 0 Å². The van der Waals surface area contributed by atoms with E-state index in [1.807, 2.05) is 0 Å². The second-order valence-corrected chi connectivity index (χ2v) is 4.23. The maximum absolute atomic E-state index is 12.9. The molecule has 2 rings (SSSR count). The van der Waals surface area contributed by atoms with Crippen molar-refractivity contribution < 1.29 is 18.7 Å². The van der Waals surface area contributed by atoms with E-state index in [4.69, 9.17) is 10.5 Å². The number of carbonyl (C=O) groups is 2. The van der Waals surface area contributed by atoms with E-state index in [0.717, 1.165) is 0 Å². The predicted molar refractivity (Wildman–Crippen MR) is 74.1 cm³/mol. The number of halogens is 1. The molecule has 0 bridgehead atoms. The van der Waals surface area contributed by atoms with Crippen molar-refractivity contribution in [3.05, 3.63) is 35.6 Å². The van der Waals surface area contributed by atoms with Crippen LogP contribution in [0.25, 0.3) is 11.3 Å². The fourth-order valence-corrected chi connectivity index (χ4v) is 1.88. The minimum Gasteiger partial charge on any atom is -0.465 e. The normalized spacial score (nSPS) is 10.4. The highest BCUT2D eigenvalue weighted by Gasteiger charge is 2.18. The van der Waals surface area contributed by atoms with Gasteiger partial charge in [-0.3, -0.25) is 9.59 Å². The van der Waals surface area contributed by atoms with Gasteiger partial charge in [0, 0.05) is 5.56 Å². The summed E-state index contributed by atoms with van der Waals surface area (Å²) >= 11 is 0. The zero-order chi connectivity index (χ0) is 15.4. The van der Waals surface area contributed by atoms with Crippen LogP contribution in [0.4, 0.5) is 10.2 Å². The molecule has 0 spiro atoms. The van der Waals surface area contributed by atoms with E-state index < -0.39 is 11.8 Å². The molecule has 0 amide bonds. The first-order chi connectivity index (χ1) is 10.1. The first kappa shape index (κ1) is 14.7. The third-order valence-electron chi connectivity index (χ3n) is 2.85. The number of rotatable bonds is 5. The number of carbonyl (C=O) groups excluding carboxylic acids is 2. The Morgan fingerprint density at radius 1 is 1.43 bits per heavy atom. The molecule has 1 aromatic carbocycles. The Labute approximate surface area is 120 Å². The number of hydrogen-bond donors (Lipinski definition) is 1. The Bertz CT molecular complexity index is 665. The summed E-state index contributed by atoms with van der Waals surface area (Å²) < 4.78 is 19.0. The molecule has 1 aromatic heterocycles. The predicted octanol–water partition coefficient (Wildman–Crippen LogP) is 1.65. The molecule has 0 radical (unpaired) electrons. The number of esters is 1. The first-order valence-corrected chi connectivity index (χ1v) is 6.29. The fourth-order valence-electron chi connectivity index (χ4n) is 1.88. The maximum Gasteiger partial charge on any atom is 0.327 e. The second kappa shape index (κ2) is 6.17. The molecule has 0 aliphatic carbocycles. The Kier molecular flexibility index (Phi) is 4.32. The Balaban J connectivity index is 2.40. The van der Waals surface area contributed by atoms with Gasteiger partial charge >= 0.3 is 5.97 Å². The van der Waals surface area contributed by atoms with Gasteiger partial charge in [-0.25, -0.2) is 9.07 Å². The molecule has 0 unspecified atom stereocenters. The molecule has 21 heavy (non-hydrogen) atoms. The number of nitrogen functional groups attached to an aromatic ring is 1. The highest BCUT2D eigenvalue weighted by molar-refractivity contribution is 5.91. The molecule has 2 N–H and O–H groups in total. The highest BCUT2D eigenvalue weighted by atomic mass is 19.1. The Hall–Kier alpha value is -2.70. The molecule has 6 nitrogen and oxygen atoms in total. The summed E-state index contributed by atoms with van der Waals surface area (Å²) in [7, 11) is 0. The van der Waals surface area contributed by atoms with Crippen molar-refractivity contribution >= 4 is 18.1 Å². The summed E-state index contributed by atoms with van der Waals surface area (Å²) in [4.78, 5) is 22.7. The summed E-state index contributed by atoms with van der Waals surface area (Å²) in [5.74, 6) is -0.836. The van der Waals surface area contributed by atoms with Gasteiger partial charge in [0.25, 0.3) is 0 Å². The van der Waals surface area contributed by atoms with E-state index >= 15 is 0 Å². The number of aromatic nitrogens is 2. The van der Waals surface area contributed by atoms with Crippen LogP contribution in [0.3, 0.4) is 0 Å². The van der Waals surface area contributed by atoms with Crippen LogP contribution >= 0.6 is 0 Å². The second-order valence-electron chi connectivity index (χ2n) is 4.23. The number of ether oxygens (including phenoxy) is 1. The van der Waals surface area contributed by atoms with Gasteiger partial charge in [0.05, 0.1) is 12.2 Å². The van der Waals surface area contributed by atoms with Gasteiger partial charge in [0.2, 0.25) is 0 Å². The standard InChI is InChI=1S/C14H14FN3O3/c1-2-21-12(20)7-18-14(16)11(8-19)13(17-18)9-3-5-10(15)6-4-9/h3-6,8H,2,7,16H2,1H3. The molecule has 7 heteroatoms. The van der Waals surface area contributed by atoms with E-state index in [1.165, 1.54) is 28.9 Å². The van der Waals surface area contributed by atoms with E-state index in [1.54, 1.807) is 6.92 Å². The molecule has 0 fully saturated rings. The lowest BCUT2D eigenvalue weighted by molar-refractivity contribution is -0.143. The van der Waals surface area contributed by atoms with Crippen molar-refractivity contribution in [2.45, 2.75) is 13.5 Å². The Morgan fingerprint density at radius 3 is 2.67 bits per heavy atom. The number of nitrogens with zero attached hydrogens (tertiary/aromatic N) is 2. The van der Waals surface area contributed by atoms with Crippen LogP contribution in [0.5, 0.6) is 0 Å². The van der Waals surface area contributed by atoms with E-state index in [2.05, 4.69) is 5.10 Å². The van der Waals surface area contributed by atoms with E-state index in [-0.39, 0.29) is 24.5 Å². The summed E-state index contributed by atoms with van der Waals surface area (Å²) in [5.41, 5.74) is 6.80. The lowest BCUT2D eigenvalue weighted by Crippen LogP contribution is -2.16. The fraction of sp³-hybridized carbons (Fsp3) is 0.214. The van der Waals surface area contributed by atoms with E-state index in [0.29, 0.717) is 17.5 Å². The molecule has 0 saturated carbocycles. The van der Waals surface area contributed by atoms with Crippen LogP contribution in [-0.2, 0) is 16.1 Å². The van der Waals surface area contributed by atoms with Crippen LogP contribution in [0.1, 0.15) is 17.3 Å². The lowest BCUT2D eigenvalue weighted by Gasteiger charge is -2.03. The van der Waals surface area contributed by atoms with Gasteiger partial charge in [-0.1, -0.05) is 0 Å². The van der Waals surface area contributed by atoms with Crippen molar-refractivity contribution in [3.63, 3.8) is 0 Å². The number of nitrogens with two attached hydrogens (primary N) is 1. The van der Waals surface area contributed by atoms with Crippen molar-refractivity contribution in [2.24, 2.45) is 0 Å². The lowest BCUT2D eigenvalue weighted by atomic mass is 10.1. The van der Waals surface area contributed by atoms with Gasteiger partial charge in [-0.05, 0) is 31.2 Å². The smallest absolute Gasteiger partial charge is 0.327 e. The third-order valence-corrected chi connectivity index (χ3v) is 2.85. The van der Waals surface area contributed by atoms with Crippen molar-refractivity contribution in [1.82, 2.24) is 9.78 Å². The topological polar surface area (TPSA) is 87.2 Å². The number of benzene rings is 1. The zero-order valence-corrected chi connectivity index (χ0v) is 11.4. The molecule has 0 aliphatic rings. The quantitative estimate of drug-likeness (QED) is 0.668. The first-order valence-electron chi connectivity index (χ1n) is 6.29.